The van der Waals surface area contributed by atoms with E-state index in [1.807, 2.05) is 11.6 Å². The Hall–Kier alpha value is -1.27. The van der Waals surface area contributed by atoms with E-state index in [4.69, 9.17) is 5.14 Å². The fourth-order valence-corrected chi connectivity index (χ4v) is 1.51. The van der Waals surface area contributed by atoms with Crippen LogP contribution >= 0.6 is 0 Å². The van der Waals surface area contributed by atoms with Crippen LogP contribution in [-0.4, -0.2) is 13.5 Å². The fourth-order valence-electron chi connectivity index (χ4n) is 1.04. The zero-order valence-electron chi connectivity index (χ0n) is 7.69. The van der Waals surface area contributed by atoms with Gasteiger partial charge in [-0.15, -0.1) is 0 Å². The van der Waals surface area contributed by atoms with Crippen LogP contribution in [0.25, 0.3) is 0 Å². The van der Waals surface area contributed by atoms with Crippen molar-refractivity contribution in [1.29, 1.82) is 0 Å². The highest BCUT2D eigenvalue weighted by Crippen LogP contribution is 2.24. The smallest absolute Gasteiger partial charge is 0.296 e. The average Bonchev–Trinajstić information content (AvgIpc) is 2.06. The summed E-state index contributed by atoms with van der Waals surface area (Å²) in [6.45, 7) is 1.92. The van der Waals surface area contributed by atoms with Gasteiger partial charge in [-0.1, -0.05) is 13.0 Å². The van der Waals surface area contributed by atoms with E-state index >= 15 is 0 Å². The molecule has 0 aromatic heterocycles. The second-order valence-corrected chi connectivity index (χ2v) is 4.15. The molecule has 0 saturated carbocycles. The topological polar surface area (TPSA) is 92.4 Å². The summed E-state index contributed by atoms with van der Waals surface area (Å²) < 4.78 is 23.4. The van der Waals surface area contributed by atoms with Gasteiger partial charge in [0.05, 0.1) is 5.69 Å². The van der Waals surface area contributed by atoms with E-state index in [9.17, 15) is 13.5 Å². The third kappa shape index (κ3) is 2.90. The van der Waals surface area contributed by atoms with Crippen molar-refractivity contribution in [3.63, 3.8) is 0 Å². The van der Waals surface area contributed by atoms with Gasteiger partial charge in [-0.25, -0.2) is 5.14 Å². The van der Waals surface area contributed by atoms with Crippen LogP contribution in [0.2, 0.25) is 0 Å². The lowest BCUT2D eigenvalue weighted by Crippen LogP contribution is -2.21. The predicted octanol–water partition coefficient (Wildman–Crippen LogP) is 0.570. The molecule has 1 aromatic rings. The van der Waals surface area contributed by atoms with E-state index < -0.39 is 10.2 Å². The largest absolute Gasteiger partial charge is 0.506 e. The lowest BCUT2D eigenvalue weighted by Gasteiger charge is -2.07. The summed E-state index contributed by atoms with van der Waals surface area (Å²) in [6, 6.07) is 4.68. The Morgan fingerprint density at radius 1 is 1.50 bits per heavy atom. The lowest BCUT2D eigenvalue weighted by molar-refractivity contribution is 0.477. The number of nitrogens with two attached hydrogens (primary N) is 1. The van der Waals surface area contributed by atoms with Crippen LogP contribution in [-0.2, 0) is 16.6 Å². The third-order valence-electron chi connectivity index (χ3n) is 1.72. The highest BCUT2D eigenvalue weighted by Gasteiger charge is 2.07. The first-order valence-corrected chi connectivity index (χ1v) is 5.59. The molecule has 0 heterocycles. The second kappa shape index (κ2) is 3.85. The molecule has 0 aliphatic carbocycles. The first-order chi connectivity index (χ1) is 6.42. The quantitative estimate of drug-likeness (QED) is 0.645. The van der Waals surface area contributed by atoms with Crippen molar-refractivity contribution in [1.82, 2.24) is 0 Å². The van der Waals surface area contributed by atoms with E-state index in [0.717, 1.165) is 12.0 Å². The SMILES string of the molecule is CCc1ccc(O)c(NS(N)(=O)=O)c1. The van der Waals surface area contributed by atoms with E-state index in [0.29, 0.717) is 0 Å². The van der Waals surface area contributed by atoms with E-state index in [1.165, 1.54) is 6.07 Å². The Balaban J connectivity index is 3.07. The minimum absolute atomic E-state index is 0.104. The molecular formula is C8H12N2O3S. The van der Waals surface area contributed by atoms with Gasteiger partial charge in [0.15, 0.2) is 0 Å². The summed E-state index contributed by atoms with van der Waals surface area (Å²) in [5.41, 5.74) is 1.01. The number of anilines is 1. The van der Waals surface area contributed by atoms with E-state index in [2.05, 4.69) is 0 Å². The normalized spacial score (nSPS) is 11.3. The van der Waals surface area contributed by atoms with Crippen molar-refractivity contribution in [2.75, 3.05) is 4.72 Å². The van der Waals surface area contributed by atoms with Crippen molar-refractivity contribution in [2.45, 2.75) is 13.3 Å². The zero-order chi connectivity index (χ0) is 10.8. The molecular weight excluding hydrogens is 204 g/mol. The van der Waals surface area contributed by atoms with Crippen LogP contribution < -0.4 is 9.86 Å². The molecule has 14 heavy (non-hydrogen) atoms. The van der Waals surface area contributed by atoms with E-state index in [1.54, 1.807) is 12.1 Å². The van der Waals surface area contributed by atoms with Gasteiger partial charge in [-0.05, 0) is 24.1 Å². The average molecular weight is 216 g/mol. The summed E-state index contributed by atoms with van der Waals surface area (Å²) in [6.07, 6.45) is 0.750. The van der Waals surface area contributed by atoms with Gasteiger partial charge in [-0.2, -0.15) is 8.42 Å². The standard InChI is InChI=1S/C8H12N2O3S/c1-2-6-3-4-8(11)7(5-6)10-14(9,12)13/h3-5,10-11H,2H2,1H3,(H2,9,12,13). The Labute approximate surface area is 82.7 Å². The highest BCUT2D eigenvalue weighted by molar-refractivity contribution is 7.90. The Bertz CT molecular complexity index is 428. The highest BCUT2D eigenvalue weighted by atomic mass is 32.2. The van der Waals surface area contributed by atoms with Gasteiger partial charge in [0.2, 0.25) is 0 Å². The van der Waals surface area contributed by atoms with Crippen LogP contribution in [0.3, 0.4) is 0 Å². The van der Waals surface area contributed by atoms with Crippen LogP contribution in [0.1, 0.15) is 12.5 Å². The number of phenols is 1. The molecule has 0 amide bonds. The molecule has 0 unspecified atom stereocenters. The number of aryl methyl sites for hydroxylation is 1. The first-order valence-electron chi connectivity index (χ1n) is 4.05. The number of phenolic OH excluding ortho intramolecular Hbond substituents is 1. The monoisotopic (exact) mass is 216 g/mol. The minimum Gasteiger partial charge on any atom is -0.506 e. The predicted molar refractivity (Wildman–Crippen MR) is 54.2 cm³/mol. The number of rotatable bonds is 3. The second-order valence-electron chi connectivity index (χ2n) is 2.85. The van der Waals surface area contributed by atoms with E-state index in [-0.39, 0.29) is 11.4 Å². The molecule has 4 N–H and O–H groups in total. The van der Waals surface area contributed by atoms with Gasteiger partial charge >= 0.3 is 0 Å². The van der Waals surface area contributed by atoms with Gasteiger partial charge < -0.3 is 5.11 Å². The molecule has 78 valence electrons. The fraction of sp³-hybridized carbons (Fsp3) is 0.250. The van der Waals surface area contributed by atoms with Crippen LogP contribution in [0.5, 0.6) is 5.75 Å². The number of aromatic hydroxyl groups is 1. The van der Waals surface area contributed by atoms with Crippen LogP contribution in [0.4, 0.5) is 5.69 Å². The first kappa shape index (κ1) is 10.8. The van der Waals surface area contributed by atoms with Crippen LogP contribution in [0.15, 0.2) is 18.2 Å². The molecule has 5 nitrogen and oxygen atoms in total. The molecule has 0 bridgehead atoms. The van der Waals surface area contributed by atoms with Gasteiger partial charge in [0, 0.05) is 0 Å². The summed E-state index contributed by atoms with van der Waals surface area (Å²) in [5, 5.41) is 14.1. The maximum Gasteiger partial charge on any atom is 0.296 e. The minimum atomic E-state index is -3.83. The van der Waals surface area contributed by atoms with Crippen molar-refractivity contribution in [3.8, 4) is 5.75 Å². The molecule has 0 radical (unpaired) electrons. The summed E-state index contributed by atoms with van der Waals surface area (Å²) in [7, 11) is -3.83. The molecule has 0 saturated heterocycles. The molecule has 0 spiro atoms. The number of hydrogen-bond donors (Lipinski definition) is 3. The maximum atomic E-state index is 10.7. The molecule has 0 fully saturated rings. The van der Waals surface area contributed by atoms with Crippen molar-refractivity contribution < 1.29 is 13.5 Å². The number of nitrogens with one attached hydrogen (secondary N) is 1. The lowest BCUT2D eigenvalue weighted by atomic mass is 10.1. The van der Waals surface area contributed by atoms with Gasteiger partial charge in [0.25, 0.3) is 10.2 Å². The zero-order valence-corrected chi connectivity index (χ0v) is 8.50. The third-order valence-corrected chi connectivity index (χ3v) is 2.23. The molecule has 0 aliphatic heterocycles. The maximum absolute atomic E-state index is 10.7. The Kier molecular flexibility index (Phi) is 2.97. The van der Waals surface area contributed by atoms with Gasteiger partial charge in [0.1, 0.15) is 5.75 Å². The number of benzene rings is 1. The molecule has 1 rings (SSSR count). The molecule has 6 heteroatoms. The van der Waals surface area contributed by atoms with Crippen molar-refractivity contribution >= 4 is 15.9 Å². The summed E-state index contributed by atoms with van der Waals surface area (Å²) in [4.78, 5) is 0. The number of hydrogen-bond acceptors (Lipinski definition) is 3. The molecule has 0 aliphatic rings. The van der Waals surface area contributed by atoms with Crippen molar-refractivity contribution in [3.05, 3.63) is 23.8 Å². The Morgan fingerprint density at radius 2 is 2.14 bits per heavy atom. The molecule has 1 aromatic carbocycles. The van der Waals surface area contributed by atoms with Crippen molar-refractivity contribution in [2.24, 2.45) is 5.14 Å². The Morgan fingerprint density at radius 3 is 2.64 bits per heavy atom. The molecule has 0 atom stereocenters. The summed E-state index contributed by atoms with van der Waals surface area (Å²) >= 11 is 0. The summed E-state index contributed by atoms with van der Waals surface area (Å²) in [5.74, 6) is -0.142. The van der Waals surface area contributed by atoms with Gasteiger partial charge in [-0.3, -0.25) is 4.72 Å². The van der Waals surface area contributed by atoms with Crippen LogP contribution in [0, 0.1) is 0 Å².